The van der Waals surface area contributed by atoms with E-state index in [1.54, 1.807) is 0 Å². The fourth-order valence-corrected chi connectivity index (χ4v) is 5.95. The Morgan fingerprint density at radius 3 is 2.80 bits per heavy atom. The smallest absolute Gasteiger partial charge is 0.315 e. The zero-order chi connectivity index (χ0) is 21.1. The van der Waals surface area contributed by atoms with Crippen molar-refractivity contribution in [3.8, 4) is 11.5 Å². The van der Waals surface area contributed by atoms with Crippen LogP contribution < -0.4 is 25.4 Å². The number of amides is 3. The molecule has 7 nitrogen and oxygen atoms in total. The highest BCUT2D eigenvalue weighted by Crippen LogP contribution is 2.35. The number of carbonyl (C=O) groups excluding carboxylic acids is 2. The van der Waals surface area contributed by atoms with Gasteiger partial charge in [-0.3, -0.25) is 4.79 Å². The molecule has 0 radical (unpaired) electrons. The summed E-state index contributed by atoms with van der Waals surface area (Å²) in [4.78, 5) is 24.1. The van der Waals surface area contributed by atoms with Gasteiger partial charge in [-0.1, -0.05) is 26.3 Å². The summed E-state index contributed by atoms with van der Waals surface area (Å²) in [5, 5.41) is 9.64. The van der Waals surface area contributed by atoms with Crippen molar-refractivity contribution >= 4 is 23.7 Å². The molecule has 3 N–H and O–H groups in total. The van der Waals surface area contributed by atoms with Gasteiger partial charge < -0.3 is 25.4 Å². The monoisotopic (exact) mass is 433 g/mol. The molecule has 3 amide bonds. The Labute approximate surface area is 182 Å². The number of nitrogens with one attached hydrogen (secondary N) is 3. The minimum atomic E-state index is -0.0563. The van der Waals surface area contributed by atoms with E-state index in [9.17, 15) is 9.59 Å². The zero-order valence-electron chi connectivity index (χ0n) is 17.6. The molecule has 1 aromatic rings. The molecule has 4 rings (SSSR count). The molecule has 0 aromatic heterocycles. The maximum absolute atomic E-state index is 12.6. The standard InChI is InChI=1S/C22H31N3O4S/c1-13(2)20(14-7-8-16-17(11-14)29-10-9-28-16)24-19(26)6-4-3-5-18-21-15(12-30-18)23-22(27)25-21/h7-8,11,13,15,18,20-21H,3-6,9-10,12H2,1-2H3,(H,24,26)(H2,23,25,27)/t15-,18-,20+,21-/m0/s1. The fraction of sp³-hybridized carbons (Fsp3) is 0.636. The van der Waals surface area contributed by atoms with Gasteiger partial charge in [0, 0.05) is 17.4 Å². The summed E-state index contributed by atoms with van der Waals surface area (Å²) in [7, 11) is 0. The Kier molecular flexibility index (Phi) is 6.61. The van der Waals surface area contributed by atoms with Gasteiger partial charge >= 0.3 is 6.03 Å². The minimum absolute atomic E-state index is 0.0476. The van der Waals surface area contributed by atoms with Gasteiger partial charge in [-0.05, 0) is 36.5 Å². The van der Waals surface area contributed by atoms with Gasteiger partial charge in [-0.15, -0.1) is 0 Å². The summed E-state index contributed by atoms with van der Waals surface area (Å²) >= 11 is 1.92. The molecule has 30 heavy (non-hydrogen) atoms. The number of urea groups is 1. The number of hydrogen-bond donors (Lipinski definition) is 3. The predicted octanol–water partition coefficient (Wildman–Crippen LogP) is 3.00. The van der Waals surface area contributed by atoms with Crippen LogP contribution in [0.4, 0.5) is 4.79 Å². The number of hydrogen-bond acceptors (Lipinski definition) is 5. The fourth-order valence-electron chi connectivity index (χ4n) is 4.41. The van der Waals surface area contributed by atoms with Crippen LogP contribution in [0.15, 0.2) is 18.2 Å². The summed E-state index contributed by atoms with van der Waals surface area (Å²) < 4.78 is 11.3. The zero-order valence-corrected chi connectivity index (χ0v) is 18.4. The maximum Gasteiger partial charge on any atom is 0.315 e. The van der Waals surface area contributed by atoms with Crippen molar-refractivity contribution in [2.45, 2.75) is 62.9 Å². The molecule has 0 spiro atoms. The first-order valence-electron chi connectivity index (χ1n) is 10.9. The Morgan fingerprint density at radius 1 is 1.20 bits per heavy atom. The van der Waals surface area contributed by atoms with E-state index >= 15 is 0 Å². The van der Waals surface area contributed by atoms with Crippen LogP contribution in [0, 0.1) is 5.92 Å². The summed E-state index contributed by atoms with van der Waals surface area (Å²) in [6, 6.07) is 6.31. The van der Waals surface area contributed by atoms with Gasteiger partial charge in [0.25, 0.3) is 0 Å². The Balaban J connectivity index is 1.24. The van der Waals surface area contributed by atoms with E-state index in [0.29, 0.717) is 24.9 Å². The minimum Gasteiger partial charge on any atom is -0.486 e. The SMILES string of the molecule is CC(C)[C@@H](NC(=O)CCCC[C@@H]1SC[C@@H]2NC(=O)N[C@@H]21)c1ccc2c(c1)OCCO2. The molecule has 2 saturated heterocycles. The van der Waals surface area contributed by atoms with Crippen molar-refractivity contribution in [2.24, 2.45) is 5.92 Å². The lowest BCUT2D eigenvalue weighted by atomic mass is 9.95. The molecule has 3 aliphatic heterocycles. The lowest BCUT2D eigenvalue weighted by Crippen LogP contribution is -2.36. The summed E-state index contributed by atoms with van der Waals surface area (Å²) in [6.45, 7) is 5.34. The highest BCUT2D eigenvalue weighted by molar-refractivity contribution is 8.00. The van der Waals surface area contributed by atoms with Crippen LogP contribution in [0.5, 0.6) is 11.5 Å². The number of benzene rings is 1. The molecule has 4 atom stereocenters. The number of rotatable bonds is 8. The molecule has 0 aliphatic carbocycles. The Morgan fingerprint density at radius 2 is 2.00 bits per heavy atom. The van der Waals surface area contributed by atoms with Crippen molar-refractivity contribution < 1.29 is 19.1 Å². The topological polar surface area (TPSA) is 88.7 Å². The van der Waals surface area contributed by atoms with Crippen molar-refractivity contribution in [2.75, 3.05) is 19.0 Å². The van der Waals surface area contributed by atoms with E-state index < -0.39 is 0 Å². The van der Waals surface area contributed by atoms with Crippen molar-refractivity contribution in [1.29, 1.82) is 0 Å². The van der Waals surface area contributed by atoms with Crippen molar-refractivity contribution in [3.63, 3.8) is 0 Å². The Hall–Kier alpha value is -2.09. The average molecular weight is 434 g/mol. The van der Waals surface area contributed by atoms with E-state index in [4.69, 9.17) is 9.47 Å². The molecular weight excluding hydrogens is 402 g/mol. The molecule has 1 aromatic carbocycles. The second-order valence-electron chi connectivity index (χ2n) is 8.56. The number of carbonyl (C=O) groups is 2. The first-order chi connectivity index (χ1) is 14.5. The van der Waals surface area contributed by atoms with Crippen molar-refractivity contribution in [3.05, 3.63) is 23.8 Å². The van der Waals surface area contributed by atoms with E-state index in [0.717, 1.165) is 42.1 Å². The third-order valence-electron chi connectivity index (χ3n) is 5.99. The van der Waals surface area contributed by atoms with Gasteiger partial charge in [-0.2, -0.15) is 11.8 Å². The quantitative estimate of drug-likeness (QED) is 0.433. The van der Waals surface area contributed by atoms with E-state index in [2.05, 4.69) is 29.8 Å². The average Bonchev–Trinajstić information content (AvgIpc) is 3.28. The Bertz CT molecular complexity index is 788. The molecule has 0 unspecified atom stereocenters. The molecule has 3 heterocycles. The maximum atomic E-state index is 12.6. The number of unbranched alkanes of at least 4 members (excludes halogenated alkanes) is 1. The van der Waals surface area contributed by atoms with Gasteiger partial charge in [0.15, 0.2) is 11.5 Å². The van der Waals surface area contributed by atoms with E-state index in [1.165, 1.54) is 0 Å². The first kappa shape index (κ1) is 21.2. The molecule has 8 heteroatoms. The van der Waals surface area contributed by atoms with Gasteiger partial charge in [-0.25, -0.2) is 4.79 Å². The normalized spacial score (nSPS) is 25.4. The van der Waals surface area contributed by atoms with Crippen LogP contribution in [0.2, 0.25) is 0 Å². The molecular formula is C22H31N3O4S. The summed E-state index contributed by atoms with van der Waals surface area (Å²) in [5.41, 5.74) is 1.04. The first-order valence-corrected chi connectivity index (χ1v) is 11.9. The predicted molar refractivity (Wildman–Crippen MR) is 117 cm³/mol. The van der Waals surface area contributed by atoms with Crippen LogP contribution in [-0.4, -0.2) is 48.2 Å². The van der Waals surface area contributed by atoms with Crippen LogP contribution in [-0.2, 0) is 4.79 Å². The molecule has 2 fully saturated rings. The lowest BCUT2D eigenvalue weighted by Gasteiger charge is -2.25. The van der Waals surface area contributed by atoms with Gasteiger partial charge in [0.2, 0.25) is 5.91 Å². The number of ether oxygens (including phenoxy) is 2. The van der Waals surface area contributed by atoms with Crippen LogP contribution in [0.25, 0.3) is 0 Å². The highest BCUT2D eigenvalue weighted by Gasteiger charge is 2.42. The van der Waals surface area contributed by atoms with Crippen LogP contribution in [0.3, 0.4) is 0 Å². The van der Waals surface area contributed by atoms with Gasteiger partial charge in [0.05, 0.1) is 18.1 Å². The van der Waals surface area contributed by atoms with Gasteiger partial charge in [0.1, 0.15) is 13.2 Å². The molecule has 3 aliphatic rings. The second kappa shape index (κ2) is 9.37. The van der Waals surface area contributed by atoms with Crippen LogP contribution >= 0.6 is 11.8 Å². The van der Waals surface area contributed by atoms with Crippen molar-refractivity contribution in [1.82, 2.24) is 16.0 Å². The lowest BCUT2D eigenvalue weighted by molar-refractivity contribution is -0.122. The number of thioether (sulfide) groups is 1. The molecule has 0 bridgehead atoms. The van der Waals surface area contributed by atoms with Crippen LogP contribution in [0.1, 0.15) is 51.1 Å². The van der Waals surface area contributed by atoms with E-state index in [-0.39, 0.29) is 36.0 Å². The number of fused-ring (bicyclic) bond motifs is 2. The largest absolute Gasteiger partial charge is 0.486 e. The molecule has 164 valence electrons. The van der Waals surface area contributed by atoms with E-state index in [1.807, 2.05) is 30.0 Å². The summed E-state index contributed by atoms with van der Waals surface area (Å²) in [6.07, 6.45) is 3.38. The third-order valence-corrected chi connectivity index (χ3v) is 7.50. The highest BCUT2D eigenvalue weighted by atomic mass is 32.2. The third kappa shape index (κ3) is 4.79. The molecule has 0 saturated carbocycles. The summed E-state index contributed by atoms with van der Waals surface area (Å²) in [5.74, 6) is 2.83. The second-order valence-corrected chi connectivity index (χ2v) is 9.83.